The van der Waals surface area contributed by atoms with E-state index in [1.807, 2.05) is 6.07 Å². The Kier molecular flexibility index (Phi) is 6.40. The quantitative estimate of drug-likeness (QED) is 0.328. The third-order valence-corrected chi connectivity index (χ3v) is 5.87. The number of amides is 2. The number of halogens is 1. The summed E-state index contributed by atoms with van der Waals surface area (Å²) in [5.41, 5.74) is 0.805. The Morgan fingerprint density at radius 3 is 2.63 bits per heavy atom. The summed E-state index contributed by atoms with van der Waals surface area (Å²) in [7, 11) is 1.40. The van der Waals surface area contributed by atoms with E-state index in [1.165, 1.54) is 24.1 Å². The molecular formula is C20H15ClN4O4S. The minimum atomic E-state index is -0.661. The molecule has 0 aromatic heterocycles. The SMILES string of the molecule is CNC(=O)C(C#N)=C1SC(Cc2cccc([N+](=O)[O-])c2)C(=O)N1c1ccc(Cl)cc1. The van der Waals surface area contributed by atoms with Crippen LogP contribution in [0.4, 0.5) is 11.4 Å². The van der Waals surface area contributed by atoms with E-state index in [0.29, 0.717) is 16.3 Å². The normalized spacial score (nSPS) is 17.4. The Morgan fingerprint density at radius 1 is 1.33 bits per heavy atom. The molecule has 30 heavy (non-hydrogen) atoms. The zero-order chi connectivity index (χ0) is 21.8. The van der Waals surface area contributed by atoms with Crippen LogP contribution in [0.2, 0.25) is 5.02 Å². The van der Waals surface area contributed by atoms with Crippen molar-refractivity contribution in [2.75, 3.05) is 11.9 Å². The van der Waals surface area contributed by atoms with Crippen LogP contribution in [0.3, 0.4) is 0 Å². The summed E-state index contributed by atoms with van der Waals surface area (Å²) in [6.07, 6.45) is 0.200. The molecule has 0 bridgehead atoms. The lowest BCUT2D eigenvalue weighted by Crippen LogP contribution is -2.31. The number of benzene rings is 2. The monoisotopic (exact) mass is 442 g/mol. The van der Waals surface area contributed by atoms with Gasteiger partial charge in [-0.3, -0.25) is 24.6 Å². The molecule has 0 saturated carbocycles. The van der Waals surface area contributed by atoms with Crippen LogP contribution in [0.1, 0.15) is 5.56 Å². The lowest BCUT2D eigenvalue weighted by atomic mass is 10.1. The molecule has 1 aliphatic rings. The predicted octanol–water partition coefficient (Wildman–Crippen LogP) is 3.42. The highest BCUT2D eigenvalue weighted by Gasteiger charge is 2.40. The lowest BCUT2D eigenvalue weighted by molar-refractivity contribution is -0.384. The van der Waals surface area contributed by atoms with Gasteiger partial charge in [0.25, 0.3) is 11.6 Å². The summed E-state index contributed by atoms with van der Waals surface area (Å²) in [6, 6.07) is 14.3. The van der Waals surface area contributed by atoms with Gasteiger partial charge in [-0.2, -0.15) is 5.26 Å². The third kappa shape index (κ3) is 4.30. The van der Waals surface area contributed by atoms with Crippen LogP contribution in [0, 0.1) is 21.4 Å². The van der Waals surface area contributed by atoms with Crippen molar-refractivity contribution in [3.8, 4) is 6.07 Å². The smallest absolute Gasteiger partial charge is 0.269 e. The highest BCUT2D eigenvalue weighted by atomic mass is 35.5. The average molecular weight is 443 g/mol. The van der Waals surface area contributed by atoms with Gasteiger partial charge in [-0.25, -0.2) is 0 Å². The minimum absolute atomic E-state index is 0.0728. The van der Waals surface area contributed by atoms with Crippen LogP contribution in [-0.4, -0.2) is 29.0 Å². The molecule has 152 valence electrons. The molecule has 2 aromatic rings. The summed E-state index contributed by atoms with van der Waals surface area (Å²) in [6.45, 7) is 0. The maximum Gasteiger partial charge on any atom is 0.269 e. The first-order chi connectivity index (χ1) is 14.3. The number of non-ortho nitro benzene ring substituents is 1. The number of thioether (sulfide) groups is 1. The number of likely N-dealkylation sites (N-methyl/N-ethyl adjacent to an activating group) is 1. The van der Waals surface area contributed by atoms with Crippen LogP contribution in [0.25, 0.3) is 0 Å². The topological polar surface area (TPSA) is 116 Å². The molecule has 1 aliphatic heterocycles. The van der Waals surface area contributed by atoms with Gasteiger partial charge in [-0.1, -0.05) is 35.5 Å². The molecule has 0 aliphatic carbocycles. The fraction of sp³-hybridized carbons (Fsp3) is 0.150. The van der Waals surface area contributed by atoms with Gasteiger partial charge >= 0.3 is 0 Å². The van der Waals surface area contributed by atoms with Crippen LogP contribution >= 0.6 is 23.4 Å². The van der Waals surface area contributed by atoms with E-state index in [9.17, 15) is 25.0 Å². The molecule has 10 heteroatoms. The number of nitro groups is 1. The molecule has 1 heterocycles. The Morgan fingerprint density at radius 2 is 2.03 bits per heavy atom. The van der Waals surface area contributed by atoms with Crippen molar-refractivity contribution in [1.29, 1.82) is 5.26 Å². The van der Waals surface area contributed by atoms with Gasteiger partial charge in [0.05, 0.1) is 10.2 Å². The molecule has 2 aromatic carbocycles. The second-order valence-corrected chi connectivity index (χ2v) is 7.89. The summed E-state index contributed by atoms with van der Waals surface area (Å²) in [5, 5.41) is 23.0. The Balaban J connectivity index is 2.03. The molecule has 1 fully saturated rings. The van der Waals surface area contributed by atoms with Crippen molar-refractivity contribution in [3.63, 3.8) is 0 Å². The van der Waals surface area contributed by atoms with Gasteiger partial charge in [0.2, 0.25) is 5.91 Å². The summed E-state index contributed by atoms with van der Waals surface area (Å²) < 4.78 is 0. The Hall–Kier alpha value is -3.35. The molecule has 1 N–H and O–H groups in total. The third-order valence-electron chi connectivity index (χ3n) is 4.36. The summed E-state index contributed by atoms with van der Waals surface area (Å²) in [5.74, 6) is -0.941. The van der Waals surface area contributed by atoms with Crippen molar-refractivity contribution < 1.29 is 14.5 Å². The number of rotatable bonds is 5. The standard InChI is InChI=1S/C20H15ClN4O4S/c1-23-18(26)16(11-22)20-24(14-7-5-13(21)6-8-14)19(27)17(30-20)10-12-3-2-4-15(9-12)25(28)29/h2-9,17H,10H2,1H3,(H,23,26). The second-order valence-electron chi connectivity index (χ2n) is 6.26. The van der Waals surface area contributed by atoms with E-state index >= 15 is 0 Å². The van der Waals surface area contributed by atoms with Crippen LogP contribution in [0.5, 0.6) is 0 Å². The number of hydrogen-bond acceptors (Lipinski definition) is 6. The molecule has 1 unspecified atom stereocenters. The highest BCUT2D eigenvalue weighted by molar-refractivity contribution is 8.05. The average Bonchev–Trinajstić information content (AvgIpc) is 3.05. The Labute approximate surface area is 181 Å². The number of nitrogens with zero attached hydrogens (tertiary/aromatic N) is 3. The van der Waals surface area contributed by atoms with Crippen molar-refractivity contribution >= 4 is 46.6 Å². The number of anilines is 1. The molecule has 1 atom stereocenters. The van der Waals surface area contributed by atoms with E-state index in [-0.39, 0.29) is 28.6 Å². The Bertz CT molecular complexity index is 1090. The predicted molar refractivity (Wildman–Crippen MR) is 114 cm³/mol. The van der Waals surface area contributed by atoms with E-state index < -0.39 is 16.1 Å². The fourth-order valence-corrected chi connectivity index (χ4v) is 4.38. The highest BCUT2D eigenvalue weighted by Crippen LogP contribution is 2.42. The number of carbonyl (C=O) groups excluding carboxylic acids is 2. The molecular weight excluding hydrogens is 428 g/mol. The minimum Gasteiger partial charge on any atom is -0.354 e. The first-order valence-corrected chi connectivity index (χ1v) is 9.97. The van der Waals surface area contributed by atoms with Gasteiger partial charge in [-0.15, -0.1) is 0 Å². The van der Waals surface area contributed by atoms with E-state index in [0.717, 1.165) is 11.8 Å². The zero-order valence-corrected chi connectivity index (χ0v) is 17.2. The van der Waals surface area contributed by atoms with Gasteiger partial charge in [0.15, 0.2) is 0 Å². The lowest BCUT2D eigenvalue weighted by Gasteiger charge is -2.18. The molecule has 0 spiro atoms. The molecule has 8 nitrogen and oxygen atoms in total. The van der Waals surface area contributed by atoms with Crippen LogP contribution < -0.4 is 10.2 Å². The van der Waals surface area contributed by atoms with Crippen molar-refractivity contribution in [2.24, 2.45) is 0 Å². The van der Waals surface area contributed by atoms with E-state index in [1.54, 1.807) is 36.4 Å². The van der Waals surface area contributed by atoms with Crippen LogP contribution in [-0.2, 0) is 16.0 Å². The molecule has 1 saturated heterocycles. The first-order valence-electron chi connectivity index (χ1n) is 8.71. The second kappa shape index (κ2) is 8.98. The maximum atomic E-state index is 13.2. The first kappa shape index (κ1) is 21.4. The van der Waals surface area contributed by atoms with Gasteiger partial charge in [-0.05, 0) is 36.2 Å². The van der Waals surface area contributed by atoms with Crippen molar-refractivity contribution in [1.82, 2.24) is 5.32 Å². The molecule has 2 amide bonds. The maximum absolute atomic E-state index is 13.2. The van der Waals surface area contributed by atoms with Gasteiger partial charge in [0.1, 0.15) is 16.7 Å². The van der Waals surface area contributed by atoms with E-state index in [2.05, 4.69) is 5.32 Å². The number of hydrogen-bond donors (Lipinski definition) is 1. The van der Waals surface area contributed by atoms with Crippen LogP contribution in [0.15, 0.2) is 59.1 Å². The largest absolute Gasteiger partial charge is 0.354 e. The number of nitro benzene ring substituents is 1. The van der Waals surface area contributed by atoms with Crippen molar-refractivity contribution in [3.05, 3.63) is 79.8 Å². The zero-order valence-electron chi connectivity index (χ0n) is 15.7. The number of nitrogens with one attached hydrogen (secondary N) is 1. The number of nitriles is 1. The molecule has 3 rings (SSSR count). The summed E-state index contributed by atoms with van der Waals surface area (Å²) in [4.78, 5) is 37.3. The van der Waals surface area contributed by atoms with E-state index in [4.69, 9.17) is 11.6 Å². The number of carbonyl (C=O) groups is 2. The fourth-order valence-electron chi connectivity index (χ4n) is 2.95. The van der Waals surface area contributed by atoms with Gasteiger partial charge in [0, 0.05) is 29.9 Å². The van der Waals surface area contributed by atoms with Gasteiger partial charge < -0.3 is 5.32 Å². The summed E-state index contributed by atoms with van der Waals surface area (Å²) >= 11 is 7.02. The molecule has 0 radical (unpaired) electrons. The van der Waals surface area contributed by atoms with Crippen molar-refractivity contribution in [2.45, 2.75) is 11.7 Å².